The number of rotatable bonds is 10. The van der Waals surface area contributed by atoms with Gasteiger partial charge in [-0.3, -0.25) is 24.4 Å². The lowest BCUT2D eigenvalue weighted by Gasteiger charge is -2.46. The largest absolute Gasteiger partial charge is 0.507 e. The molecule has 0 unspecified atom stereocenters. The predicted octanol–water partition coefficient (Wildman–Crippen LogP) is 5.24. The van der Waals surface area contributed by atoms with Crippen molar-refractivity contribution in [3.05, 3.63) is 84.1 Å². The Morgan fingerprint density at radius 3 is 2.36 bits per heavy atom. The molecule has 0 spiro atoms. The van der Waals surface area contributed by atoms with E-state index in [9.17, 15) is 19.5 Å². The zero-order valence-corrected chi connectivity index (χ0v) is 33.5. The van der Waals surface area contributed by atoms with Crippen LogP contribution in [0.4, 0.5) is 15.8 Å². The summed E-state index contributed by atoms with van der Waals surface area (Å²) in [5.74, 6) is -0.844. The minimum atomic E-state index is -0.785. The number of anilines is 2. The number of halogens is 1. The van der Waals surface area contributed by atoms with E-state index in [1.165, 1.54) is 0 Å². The molecule has 306 valence electrons. The second-order valence-electron chi connectivity index (χ2n) is 16.6. The van der Waals surface area contributed by atoms with E-state index in [0.29, 0.717) is 55.1 Å². The Morgan fingerprint density at radius 1 is 0.931 bits per heavy atom. The van der Waals surface area contributed by atoms with Gasteiger partial charge in [0.15, 0.2) is 0 Å². The van der Waals surface area contributed by atoms with E-state index in [1.807, 2.05) is 53.9 Å². The van der Waals surface area contributed by atoms with Gasteiger partial charge in [-0.1, -0.05) is 18.2 Å². The molecule has 1 atom stereocenters. The summed E-state index contributed by atoms with van der Waals surface area (Å²) in [5, 5.41) is 26.0. The first-order valence-electron chi connectivity index (χ1n) is 20.8. The van der Waals surface area contributed by atoms with E-state index in [0.717, 1.165) is 81.9 Å². The summed E-state index contributed by atoms with van der Waals surface area (Å²) in [6.07, 6.45) is 10.4. The molecule has 2 aromatic heterocycles. The Bertz CT molecular complexity index is 2120. The summed E-state index contributed by atoms with van der Waals surface area (Å²) in [7, 11) is 1.98. The van der Waals surface area contributed by atoms with Gasteiger partial charge in [-0.25, -0.2) is 4.39 Å². The number of amides is 3. The second-order valence-corrected chi connectivity index (χ2v) is 16.6. The zero-order valence-electron chi connectivity index (χ0n) is 33.5. The fraction of sp³-hybridized carbons (Fsp3) is 0.500. The quantitative estimate of drug-likeness (QED) is 0.205. The number of carbonyl (C=O) groups is 3. The van der Waals surface area contributed by atoms with Crippen LogP contribution in [0.1, 0.15) is 75.0 Å². The number of hydrogen-bond acceptors (Lipinski definition) is 10. The number of nitrogens with zero attached hydrogens (tertiary/aromatic N) is 8. The normalized spacial score (nSPS) is 20.9. The summed E-state index contributed by atoms with van der Waals surface area (Å²) in [6.45, 7) is 7.99. The van der Waals surface area contributed by atoms with Gasteiger partial charge in [-0.2, -0.15) is 15.3 Å². The minimum absolute atomic E-state index is 0.123. The van der Waals surface area contributed by atoms with Crippen LogP contribution in [0, 0.1) is 18.7 Å². The Labute approximate surface area is 339 Å². The van der Waals surface area contributed by atoms with Crippen molar-refractivity contribution < 1.29 is 23.9 Å². The van der Waals surface area contributed by atoms with Crippen molar-refractivity contribution in [2.75, 3.05) is 62.7 Å². The van der Waals surface area contributed by atoms with Crippen molar-refractivity contribution in [1.82, 2.24) is 35.1 Å². The summed E-state index contributed by atoms with van der Waals surface area (Å²) in [6, 6.07) is 16.4. The van der Waals surface area contributed by atoms with Crippen molar-refractivity contribution in [2.45, 2.75) is 82.2 Å². The number of hydrogen-bond donors (Lipinski definition) is 2. The van der Waals surface area contributed by atoms with E-state index in [-0.39, 0.29) is 35.8 Å². The predicted molar refractivity (Wildman–Crippen MR) is 219 cm³/mol. The Kier molecular flexibility index (Phi) is 11.5. The summed E-state index contributed by atoms with van der Waals surface area (Å²) in [4.78, 5) is 47.6. The molecule has 58 heavy (non-hydrogen) atoms. The minimum Gasteiger partial charge on any atom is -0.507 e. The lowest BCUT2D eigenvalue weighted by molar-refractivity contribution is -0.144. The number of likely N-dealkylation sites (N-methyl/N-ethyl adjacent to an activating group) is 1. The highest BCUT2D eigenvalue weighted by Gasteiger charge is 2.47. The average molecular weight is 792 g/mol. The van der Waals surface area contributed by atoms with Gasteiger partial charge in [-0.15, -0.1) is 0 Å². The van der Waals surface area contributed by atoms with E-state index in [1.54, 1.807) is 36.7 Å². The number of aromatic hydroxyl groups is 1. The van der Waals surface area contributed by atoms with Gasteiger partial charge in [0.2, 0.25) is 11.8 Å². The first-order valence-corrected chi connectivity index (χ1v) is 20.8. The van der Waals surface area contributed by atoms with E-state index in [4.69, 9.17) is 5.10 Å². The standard InChI is InChI=1S/C44H54FN9O4/c1-30-11-19-47-54(30)44(17-25-53(26-18-44)34-28-39(49-46-29-34)37-5-3-4-6-40(37)55)43(58)50(2)32-15-21-51(22-16-32)20-12-31-13-23-52(24-14-31)33-7-8-35(38(45)27-33)36-9-10-41(56)48-42(36)57/h3-8,11,19,27-29,31-32,36,55H,9-10,12-18,20-26H2,1-2H3,(H,48,56,57)/t36-/m1/s1. The molecule has 2 aromatic carbocycles. The van der Waals surface area contributed by atoms with E-state index >= 15 is 4.39 Å². The Balaban J connectivity index is 0.824. The van der Waals surface area contributed by atoms with Gasteiger partial charge in [0, 0.05) is 87.5 Å². The molecule has 8 rings (SSSR count). The van der Waals surface area contributed by atoms with E-state index in [2.05, 4.69) is 30.2 Å². The highest BCUT2D eigenvalue weighted by molar-refractivity contribution is 6.01. The molecular formula is C44H54FN9O4. The number of nitrogens with one attached hydrogen (secondary N) is 1. The lowest BCUT2D eigenvalue weighted by Crippen LogP contribution is -2.59. The smallest absolute Gasteiger partial charge is 0.250 e. The third-order valence-electron chi connectivity index (χ3n) is 13.3. The third-order valence-corrected chi connectivity index (χ3v) is 13.3. The van der Waals surface area contributed by atoms with Crippen LogP contribution in [0.15, 0.2) is 67.0 Å². The zero-order chi connectivity index (χ0) is 40.4. The van der Waals surface area contributed by atoms with Crippen LogP contribution >= 0.6 is 0 Å². The van der Waals surface area contributed by atoms with E-state index < -0.39 is 17.4 Å². The number of aromatic nitrogens is 4. The Hall–Kier alpha value is -5.37. The lowest BCUT2D eigenvalue weighted by atomic mass is 9.84. The molecule has 4 aromatic rings. The molecule has 4 aliphatic rings. The van der Waals surface area contributed by atoms with Gasteiger partial charge >= 0.3 is 0 Å². The topological polar surface area (TPSA) is 140 Å². The van der Waals surface area contributed by atoms with Crippen molar-refractivity contribution in [2.24, 2.45) is 5.92 Å². The molecule has 2 N–H and O–H groups in total. The fourth-order valence-corrected chi connectivity index (χ4v) is 9.67. The number of para-hydroxylation sites is 1. The molecule has 13 nitrogen and oxygen atoms in total. The highest BCUT2D eigenvalue weighted by Crippen LogP contribution is 2.38. The second kappa shape index (κ2) is 16.8. The number of imide groups is 1. The molecule has 0 aliphatic carbocycles. The Morgan fingerprint density at radius 2 is 1.67 bits per heavy atom. The number of aryl methyl sites for hydroxylation is 1. The van der Waals surface area contributed by atoms with Gasteiger partial charge in [0.05, 0.1) is 23.5 Å². The maximum absolute atomic E-state index is 15.2. The molecular weight excluding hydrogens is 738 g/mol. The van der Waals surface area contributed by atoms with Crippen LogP contribution in [0.5, 0.6) is 5.75 Å². The highest BCUT2D eigenvalue weighted by atomic mass is 19.1. The number of phenolic OH excluding ortho intramolecular Hbond substituents is 1. The van der Waals surface area contributed by atoms with Crippen LogP contribution in [0.2, 0.25) is 0 Å². The van der Waals surface area contributed by atoms with Crippen molar-refractivity contribution in [3.8, 4) is 17.0 Å². The SMILES string of the molecule is Cc1ccnn1C1(C(=O)N(C)C2CCN(CCC3CCN(c4ccc([C@H]5CCC(=O)NC5=O)c(F)c4)CC3)CC2)CCN(c2cnnc(-c3ccccc3O)c2)CC1. The molecule has 4 fully saturated rings. The number of likely N-dealkylation sites (tertiary alicyclic amines) is 1. The summed E-state index contributed by atoms with van der Waals surface area (Å²) in [5.41, 5.74) is 3.53. The van der Waals surface area contributed by atoms with Gasteiger partial charge in [0.25, 0.3) is 5.91 Å². The molecule has 4 saturated heterocycles. The molecule has 6 heterocycles. The van der Waals surface area contributed by atoms with Gasteiger partial charge in [0.1, 0.15) is 17.1 Å². The fourth-order valence-electron chi connectivity index (χ4n) is 9.67. The third kappa shape index (κ3) is 8.03. The first-order chi connectivity index (χ1) is 28.1. The van der Waals surface area contributed by atoms with Crippen LogP contribution in [0.3, 0.4) is 0 Å². The monoisotopic (exact) mass is 791 g/mol. The molecule has 0 radical (unpaired) electrons. The maximum Gasteiger partial charge on any atom is 0.250 e. The molecule has 4 aliphatic heterocycles. The maximum atomic E-state index is 15.2. The molecule has 3 amide bonds. The van der Waals surface area contributed by atoms with Crippen LogP contribution in [-0.2, 0) is 19.9 Å². The van der Waals surface area contributed by atoms with Crippen molar-refractivity contribution >= 4 is 29.1 Å². The molecule has 0 saturated carbocycles. The number of phenols is 1. The molecule has 14 heteroatoms. The van der Waals surface area contributed by atoms with Crippen LogP contribution < -0.4 is 15.1 Å². The van der Waals surface area contributed by atoms with Gasteiger partial charge in [-0.05, 0) is 107 Å². The van der Waals surface area contributed by atoms with Gasteiger partial charge < -0.3 is 24.7 Å². The first kappa shape index (κ1) is 39.5. The average Bonchev–Trinajstić information content (AvgIpc) is 3.69. The van der Waals surface area contributed by atoms with Crippen molar-refractivity contribution in [1.29, 1.82) is 0 Å². The van der Waals surface area contributed by atoms with Crippen LogP contribution in [-0.4, -0.2) is 112 Å². The summed E-state index contributed by atoms with van der Waals surface area (Å²) >= 11 is 0. The number of benzene rings is 2. The summed E-state index contributed by atoms with van der Waals surface area (Å²) < 4.78 is 17.1. The molecule has 0 bridgehead atoms. The number of piperidine rings is 4. The van der Waals surface area contributed by atoms with Crippen molar-refractivity contribution in [3.63, 3.8) is 0 Å². The van der Waals surface area contributed by atoms with Crippen LogP contribution in [0.25, 0.3) is 11.3 Å². The number of carbonyl (C=O) groups excluding carboxylic acids is 3.